The van der Waals surface area contributed by atoms with Crippen molar-refractivity contribution in [2.24, 2.45) is 5.92 Å². The second kappa shape index (κ2) is 9.61. The van der Waals surface area contributed by atoms with Crippen LogP contribution in [0.25, 0.3) is 0 Å². The van der Waals surface area contributed by atoms with Crippen LogP contribution in [-0.2, 0) is 9.53 Å². The second-order valence-corrected chi connectivity index (χ2v) is 5.19. The van der Waals surface area contributed by atoms with E-state index in [9.17, 15) is 9.59 Å². The molecule has 0 bridgehead atoms. The lowest BCUT2D eigenvalue weighted by atomic mass is 10.0. The third-order valence-electron chi connectivity index (χ3n) is 2.37. The molecule has 0 saturated carbocycles. The summed E-state index contributed by atoms with van der Waals surface area (Å²) in [4.78, 5) is 22.5. The van der Waals surface area contributed by atoms with E-state index < -0.39 is 18.0 Å². The largest absolute Gasteiger partial charge is 0.480 e. The van der Waals surface area contributed by atoms with E-state index in [1.165, 1.54) is 0 Å². The van der Waals surface area contributed by atoms with Gasteiger partial charge in [-0.25, -0.2) is 9.59 Å². The molecule has 0 saturated heterocycles. The smallest absolute Gasteiger partial charge is 0.326 e. The molecule has 0 aromatic heterocycles. The first-order chi connectivity index (χ1) is 8.82. The van der Waals surface area contributed by atoms with E-state index in [-0.39, 0.29) is 12.0 Å². The molecule has 112 valence electrons. The summed E-state index contributed by atoms with van der Waals surface area (Å²) in [5.41, 5.74) is 0. The van der Waals surface area contributed by atoms with E-state index in [1.54, 1.807) is 0 Å². The van der Waals surface area contributed by atoms with Crippen LogP contribution in [0.15, 0.2) is 0 Å². The Labute approximate surface area is 114 Å². The summed E-state index contributed by atoms with van der Waals surface area (Å²) < 4.78 is 5.33. The summed E-state index contributed by atoms with van der Waals surface area (Å²) in [6, 6.07) is -1.29. The van der Waals surface area contributed by atoms with Crippen LogP contribution < -0.4 is 10.6 Å². The maximum atomic E-state index is 11.5. The summed E-state index contributed by atoms with van der Waals surface area (Å²) in [6.45, 7) is 8.77. The van der Waals surface area contributed by atoms with E-state index in [2.05, 4.69) is 10.6 Å². The zero-order valence-corrected chi connectivity index (χ0v) is 12.2. The van der Waals surface area contributed by atoms with Crippen molar-refractivity contribution < 1.29 is 19.4 Å². The van der Waals surface area contributed by atoms with Crippen LogP contribution >= 0.6 is 0 Å². The van der Waals surface area contributed by atoms with Crippen LogP contribution in [0.4, 0.5) is 4.79 Å². The molecule has 0 radical (unpaired) electrons. The number of urea groups is 1. The van der Waals surface area contributed by atoms with Crippen molar-refractivity contribution in [3.8, 4) is 0 Å². The molecule has 0 aliphatic carbocycles. The fourth-order valence-electron chi connectivity index (χ4n) is 1.50. The number of carboxylic acid groups (broad SMARTS) is 1. The highest BCUT2D eigenvalue weighted by molar-refractivity contribution is 5.82. The van der Waals surface area contributed by atoms with E-state index in [0.29, 0.717) is 26.0 Å². The molecule has 6 nitrogen and oxygen atoms in total. The standard InChI is InChI=1S/C13H26N2O4/c1-9(2)8-11(12(16)17)15-13(18)14-6-5-7-19-10(3)4/h9-11H,5-8H2,1-4H3,(H,16,17)(H2,14,15,18). The number of aliphatic carboxylic acids is 1. The lowest BCUT2D eigenvalue weighted by Gasteiger charge is -2.17. The monoisotopic (exact) mass is 274 g/mol. The van der Waals surface area contributed by atoms with E-state index >= 15 is 0 Å². The summed E-state index contributed by atoms with van der Waals surface area (Å²) in [7, 11) is 0. The summed E-state index contributed by atoms with van der Waals surface area (Å²) in [6.07, 6.45) is 1.29. The predicted molar refractivity (Wildman–Crippen MR) is 73.1 cm³/mol. The predicted octanol–water partition coefficient (Wildman–Crippen LogP) is 1.60. The Hall–Kier alpha value is -1.30. The van der Waals surface area contributed by atoms with Gasteiger partial charge >= 0.3 is 12.0 Å². The summed E-state index contributed by atoms with van der Waals surface area (Å²) in [5.74, 6) is -0.798. The third kappa shape index (κ3) is 10.3. The van der Waals surface area contributed by atoms with Gasteiger partial charge in [-0.3, -0.25) is 0 Å². The molecule has 2 amide bonds. The van der Waals surface area contributed by atoms with Gasteiger partial charge in [0.25, 0.3) is 0 Å². The zero-order valence-electron chi connectivity index (χ0n) is 12.2. The average Bonchev–Trinajstić information content (AvgIpc) is 2.26. The van der Waals surface area contributed by atoms with Crippen molar-refractivity contribution in [3.63, 3.8) is 0 Å². The molecule has 0 spiro atoms. The van der Waals surface area contributed by atoms with Crippen LogP contribution in [0.2, 0.25) is 0 Å². The quantitative estimate of drug-likeness (QED) is 0.557. The molecule has 0 aliphatic heterocycles. The Morgan fingerprint density at radius 2 is 1.84 bits per heavy atom. The van der Waals surface area contributed by atoms with E-state index in [1.807, 2.05) is 27.7 Å². The van der Waals surface area contributed by atoms with Gasteiger partial charge in [0.15, 0.2) is 0 Å². The minimum Gasteiger partial charge on any atom is -0.480 e. The Morgan fingerprint density at radius 1 is 1.21 bits per heavy atom. The Morgan fingerprint density at radius 3 is 2.32 bits per heavy atom. The number of ether oxygens (including phenoxy) is 1. The highest BCUT2D eigenvalue weighted by atomic mass is 16.5. The number of nitrogens with one attached hydrogen (secondary N) is 2. The van der Waals surface area contributed by atoms with Crippen LogP contribution in [0, 0.1) is 5.92 Å². The van der Waals surface area contributed by atoms with Gasteiger partial charge in [0.1, 0.15) is 6.04 Å². The van der Waals surface area contributed by atoms with Crippen LogP contribution in [0.5, 0.6) is 0 Å². The number of amides is 2. The first-order valence-corrected chi connectivity index (χ1v) is 6.71. The Bertz CT molecular complexity index is 280. The number of carbonyl (C=O) groups is 2. The van der Waals surface area contributed by atoms with E-state index in [0.717, 1.165) is 0 Å². The number of hydrogen-bond donors (Lipinski definition) is 3. The van der Waals surface area contributed by atoms with Crippen molar-refractivity contribution in [2.45, 2.75) is 52.7 Å². The minimum atomic E-state index is -1.01. The van der Waals surface area contributed by atoms with Crippen molar-refractivity contribution in [3.05, 3.63) is 0 Å². The third-order valence-corrected chi connectivity index (χ3v) is 2.37. The molecule has 0 fully saturated rings. The topological polar surface area (TPSA) is 87.7 Å². The van der Waals surface area contributed by atoms with Gasteiger partial charge < -0.3 is 20.5 Å². The molecular formula is C13H26N2O4. The van der Waals surface area contributed by atoms with Gasteiger partial charge in [-0.2, -0.15) is 0 Å². The molecule has 0 aliphatic rings. The molecular weight excluding hydrogens is 248 g/mol. The minimum absolute atomic E-state index is 0.177. The van der Waals surface area contributed by atoms with Crippen LogP contribution in [0.3, 0.4) is 0 Å². The van der Waals surface area contributed by atoms with Crippen molar-refractivity contribution in [1.29, 1.82) is 0 Å². The second-order valence-electron chi connectivity index (χ2n) is 5.19. The average molecular weight is 274 g/mol. The van der Waals surface area contributed by atoms with Gasteiger partial charge in [-0.15, -0.1) is 0 Å². The van der Waals surface area contributed by atoms with Gasteiger partial charge in [0.05, 0.1) is 6.10 Å². The number of hydrogen-bond acceptors (Lipinski definition) is 3. The van der Waals surface area contributed by atoms with E-state index in [4.69, 9.17) is 9.84 Å². The number of rotatable bonds is 9. The van der Waals surface area contributed by atoms with Crippen molar-refractivity contribution in [2.75, 3.05) is 13.2 Å². The van der Waals surface area contributed by atoms with Gasteiger partial charge in [0, 0.05) is 13.2 Å². The molecule has 1 unspecified atom stereocenters. The molecule has 6 heteroatoms. The first kappa shape index (κ1) is 17.7. The highest BCUT2D eigenvalue weighted by Crippen LogP contribution is 2.04. The number of carbonyl (C=O) groups excluding carboxylic acids is 1. The fraction of sp³-hybridized carbons (Fsp3) is 0.846. The van der Waals surface area contributed by atoms with Crippen molar-refractivity contribution in [1.82, 2.24) is 10.6 Å². The normalized spacial score (nSPS) is 12.5. The Kier molecular flexibility index (Phi) is 8.95. The molecule has 0 aromatic carbocycles. The molecule has 0 rings (SSSR count). The fourth-order valence-corrected chi connectivity index (χ4v) is 1.50. The maximum Gasteiger partial charge on any atom is 0.326 e. The molecule has 3 N–H and O–H groups in total. The molecule has 19 heavy (non-hydrogen) atoms. The molecule has 0 heterocycles. The SMILES string of the molecule is CC(C)CC(NC(=O)NCCCOC(C)C)C(=O)O. The maximum absolute atomic E-state index is 11.5. The lowest BCUT2D eigenvalue weighted by Crippen LogP contribution is -2.46. The highest BCUT2D eigenvalue weighted by Gasteiger charge is 2.20. The Balaban J connectivity index is 3.84. The van der Waals surface area contributed by atoms with Crippen LogP contribution in [-0.4, -0.2) is 42.4 Å². The first-order valence-electron chi connectivity index (χ1n) is 6.71. The lowest BCUT2D eigenvalue weighted by molar-refractivity contribution is -0.139. The summed E-state index contributed by atoms with van der Waals surface area (Å²) in [5, 5.41) is 14.1. The zero-order chi connectivity index (χ0) is 14.8. The van der Waals surface area contributed by atoms with Crippen LogP contribution in [0.1, 0.15) is 40.5 Å². The molecule has 1 atom stereocenters. The summed E-state index contributed by atoms with van der Waals surface area (Å²) >= 11 is 0. The van der Waals surface area contributed by atoms with Gasteiger partial charge in [0.2, 0.25) is 0 Å². The number of carboxylic acids is 1. The van der Waals surface area contributed by atoms with Crippen molar-refractivity contribution >= 4 is 12.0 Å². The molecule has 0 aromatic rings. The van der Waals surface area contributed by atoms with Gasteiger partial charge in [-0.1, -0.05) is 13.8 Å². The van der Waals surface area contributed by atoms with Gasteiger partial charge in [-0.05, 0) is 32.6 Å².